The van der Waals surface area contributed by atoms with Crippen LogP contribution < -0.4 is 4.90 Å². The summed E-state index contributed by atoms with van der Waals surface area (Å²) in [5, 5.41) is 1.33. The molecule has 2 aliphatic rings. The number of para-hydroxylation sites is 2. The van der Waals surface area contributed by atoms with Crippen LogP contribution in [-0.2, 0) is 0 Å². The number of hydrogen-bond acceptors (Lipinski definition) is 1. The first-order valence-corrected chi connectivity index (χ1v) is 11.2. The molecule has 1 aliphatic heterocycles. The highest BCUT2D eigenvalue weighted by atomic mass is 15.2. The number of aliphatic imine (C=N–C) groups is 1. The Morgan fingerprint density at radius 2 is 1.69 bits per heavy atom. The van der Waals surface area contributed by atoms with E-state index in [0.29, 0.717) is 12.0 Å². The van der Waals surface area contributed by atoms with E-state index in [9.17, 15) is 0 Å². The molecular weight excluding hydrogens is 354 g/mol. The predicted molar refractivity (Wildman–Crippen MR) is 123 cm³/mol. The van der Waals surface area contributed by atoms with Gasteiger partial charge in [0.2, 0.25) is 0 Å². The Bertz CT molecular complexity index is 1020. The van der Waals surface area contributed by atoms with Crippen LogP contribution in [0, 0.1) is 6.92 Å². The number of hydrogen-bond donors (Lipinski definition) is 1. The fourth-order valence-electron chi connectivity index (χ4n) is 5.36. The summed E-state index contributed by atoms with van der Waals surface area (Å²) in [5.74, 6) is 0.415. The Morgan fingerprint density at radius 1 is 0.966 bits per heavy atom. The molecule has 1 N–H and O–H groups in total. The number of aryl methyl sites for hydroxylation is 1. The van der Waals surface area contributed by atoms with Gasteiger partial charge in [0.15, 0.2) is 0 Å². The summed E-state index contributed by atoms with van der Waals surface area (Å²) >= 11 is 0. The lowest BCUT2D eigenvalue weighted by Gasteiger charge is -2.26. The minimum absolute atomic E-state index is 0.259. The molecule has 5 rings (SSSR count). The smallest absolute Gasteiger partial charge is 0.0904 e. The van der Waals surface area contributed by atoms with Gasteiger partial charge < -0.3 is 9.88 Å². The molecule has 0 spiro atoms. The van der Waals surface area contributed by atoms with Gasteiger partial charge in [0.25, 0.3) is 0 Å². The zero-order valence-corrected chi connectivity index (χ0v) is 17.6. The van der Waals surface area contributed by atoms with Crippen LogP contribution in [0.2, 0.25) is 0 Å². The molecule has 3 nitrogen and oxygen atoms in total. The molecule has 1 saturated carbocycles. The maximum absolute atomic E-state index is 5.10. The number of nitrogens with one attached hydrogen (secondary N) is 1. The van der Waals surface area contributed by atoms with Crippen molar-refractivity contribution in [2.24, 2.45) is 4.99 Å². The molecular formula is C26H31N3. The number of aromatic nitrogens is 1. The van der Waals surface area contributed by atoms with Crippen LogP contribution in [0.15, 0.2) is 53.5 Å². The van der Waals surface area contributed by atoms with Gasteiger partial charge in [0.1, 0.15) is 0 Å². The van der Waals surface area contributed by atoms with E-state index in [1.54, 1.807) is 0 Å². The van der Waals surface area contributed by atoms with Crippen LogP contribution in [-0.4, -0.2) is 17.4 Å². The second-order valence-electron chi connectivity index (χ2n) is 8.82. The van der Waals surface area contributed by atoms with E-state index in [1.165, 1.54) is 71.9 Å². The van der Waals surface area contributed by atoms with E-state index in [-0.39, 0.29) is 6.04 Å². The summed E-state index contributed by atoms with van der Waals surface area (Å²) in [6.45, 7) is 4.61. The first kappa shape index (κ1) is 18.5. The molecule has 0 radical (unpaired) electrons. The summed E-state index contributed by atoms with van der Waals surface area (Å²) in [4.78, 5) is 11.3. The van der Waals surface area contributed by atoms with Gasteiger partial charge in [-0.3, -0.25) is 4.99 Å². The zero-order chi connectivity index (χ0) is 19.8. The Kier molecular flexibility index (Phi) is 4.91. The van der Waals surface area contributed by atoms with Crippen molar-refractivity contribution in [1.82, 2.24) is 4.98 Å². The van der Waals surface area contributed by atoms with Gasteiger partial charge in [-0.1, -0.05) is 69.0 Å². The van der Waals surface area contributed by atoms with Crippen LogP contribution in [0.1, 0.15) is 74.2 Å². The number of anilines is 1. The van der Waals surface area contributed by atoms with Crippen molar-refractivity contribution in [3.63, 3.8) is 0 Å². The van der Waals surface area contributed by atoms with Crippen LogP contribution in [0.5, 0.6) is 0 Å². The van der Waals surface area contributed by atoms with Gasteiger partial charge in [-0.15, -0.1) is 0 Å². The van der Waals surface area contributed by atoms with Crippen LogP contribution in [0.4, 0.5) is 5.69 Å². The fourth-order valence-corrected chi connectivity index (χ4v) is 5.36. The minimum Gasteiger partial charge on any atom is -0.356 e. The molecule has 2 unspecified atom stereocenters. The summed E-state index contributed by atoms with van der Waals surface area (Å²) < 4.78 is 0. The molecule has 3 heteroatoms. The van der Waals surface area contributed by atoms with Gasteiger partial charge in [-0.25, -0.2) is 0 Å². The quantitative estimate of drug-likeness (QED) is 0.297. The molecule has 3 aromatic rings. The number of nitrogens with zero attached hydrogens (tertiary/aromatic N) is 2. The Hall–Kier alpha value is -2.55. The molecule has 0 bridgehead atoms. The number of aromatic amines is 1. The zero-order valence-electron chi connectivity index (χ0n) is 17.6. The highest BCUT2D eigenvalue weighted by molar-refractivity contribution is 5.88. The standard InChI is InChI=1S/C26H31N3/c1-18-21-13-7-9-15-23(21)28-25(18)26-19(2)22-14-8-10-16-24(22)29(26)17-27-20-11-5-3-4-6-12-20/h7-10,13-17,19-20,26,28H,3-6,11-12H2,1-2H3/b27-17+. The second-order valence-corrected chi connectivity index (χ2v) is 8.82. The highest BCUT2D eigenvalue weighted by Gasteiger charge is 2.38. The SMILES string of the molecule is Cc1c(C2C(C)c3ccccc3N2/C=N/C2CCCCCC2)[nH]c2ccccc12. The van der Waals surface area contributed by atoms with E-state index in [2.05, 4.69) is 78.6 Å². The Balaban J connectivity index is 1.56. The number of rotatable bonds is 3. The van der Waals surface area contributed by atoms with Crippen molar-refractivity contribution < 1.29 is 0 Å². The van der Waals surface area contributed by atoms with Crippen molar-refractivity contribution in [1.29, 1.82) is 0 Å². The Morgan fingerprint density at radius 3 is 2.48 bits per heavy atom. The van der Waals surface area contributed by atoms with E-state index in [4.69, 9.17) is 4.99 Å². The van der Waals surface area contributed by atoms with Gasteiger partial charge >= 0.3 is 0 Å². The third-order valence-corrected chi connectivity index (χ3v) is 7.01. The molecule has 1 aliphatic carbocycles. The monoisotopic (exact) mass is 385 g/mol. The number of benzene rings is 2. The molecule has 0 amide bonds. The molecule has 1 fully saturated rings. The summed E-state index contributed by atoms with van der Waals surface area (Å²) in [6, 6.07) is 18.2. The highest BCUT2D eigenvalue weighted by Crippen LogP contribution is 2.49. The van der Waals surface area contributed by atoms with Crippen LogP contribution in [0.25, 0.3) is 10.9 Å². The predicted octanol–water partition coefficient (Wildman–Crippen LogP) is 6.89. The fraction of sp³-hybridized carbons (Fsp3) is 0.423. The summed E-state index contributed by atoms with van der Waals surface area (Å²) in [5.41, 5.74) is 6.63. The van der Waals surface area contributed by atoms with Crippen molar-refractivity contribution in [3.05, 3.63) is 65.4 Å². The largest absolute Gasteiger partial charge is 0.356 e. The van der Waals surface area contributed by atoms with E-state index in [0.717, 1.165) is 0 Å². The van der Waals surface area contributed by atoms with Gasteiger partial charge in [0.05, 0.1) is 18.4 Å². The number of fused-ring (bicyclic) bond motifs is 2. The van der Waals surface area contributed by atoms with Crippen LogP contribution >= 0.6 is 0 Å². The second kappa shape index (κ2) is 7.70. The van der Waals surface area contributed by atoms with Crippen molar-refractivity contribution in [2.45, 2.75) is 70.4 Å². The molecule has 150 valence electrons. The lowest BCUT2D eigenvalue weighted by Crippen LogP contribution is -2.26. The van der Waals surface area contributed by atoms with E-state index >= 15 is 0 Å². The molecule has 0 saturated heterocycles. The lowest BCUT2D eigenvalue weighted by molar-refractivity contribution is 0.581. The Labute approximate surface area is 173 Å². The third-order valence-electron chi connectivity index (χ3n) is 7.01. The lowest BCUT2D eigenvalue weighted by atomic mass is 9.93. The topological polar surface area (TPSA) is 31.4 Å². The molecule has 2 heterocycles. The first-order valence-electron chi connectivity index (χ1n) is 11.2. The van der Waals surface area contributed by atoms with Gasteiger partial charge in [0, 0.05) is 28.2 Å². The minimum atomic E-state index is 0.259. The molecule has 1 aromatic heterocycles. The third kappa shape index (κ3) is 3.27. The van der Waals surface area contributed by atoms with E-state index < -0.39 is 0 Å². The van der Waals surface area contributed by atoms with E-state index in [1.807, 2.05) is 0 Å². The van der Waals surface area contributed by atoms with Crippen molar-refractivity contribution >= 4 is 22.9 Å². The molecule has 2 atom stereocenters. The maximum atomic E-state index is 5.10. The van der Waals surface area contributed by atoms with Gasteiger partial charge in [-0.2, -0.15) is 0 Å². The summed E-state index contributed by atoms with van der Waals surface area (Å²) in [7, 11) is 0. The number of H-pyrrole nitrogens is 1. The normalized spacial score (nSPS) is 23.0. The van der Waals surface area contributed by atoms with Crippen LogP contribution in [0.3, 0.4) is 0 Å². The average molecular weight is 386 g/mol. The van der Waals surface area contributed by atoms with Gasteiger partial charge in [-0.05, 0) is 43.0 Å². The average Bonchev–Trinajstić information content (AvgIpc) is 3.07. The first-order chi connectivity index (χ1) is 14.2. The molecule has 2 aromatic carbocycles. The summed E-state index contributed by atoms with van der Waals surface area (Å²) in [6.07, 6.45) is 10.0. The molecule has 29 heavy (non-hydrogen) atoms. The van der Waals surface area contributed by atoms with Crippen molar-refractivity contribution in [3.8, 4) is 0 Å². The maximum Gasteiger partial charge on any atom is 0.0904 e. The van der Waals surface area contributed by atoms with Crippen molar-refractivity contribution in [2.75, 3.05) is 4.90 Å².